The number of hydrogen-bond donors (Lipinski definition) is 0. The van der Waals surface area contributed by atoms with E-state index in [4.69, 9.17) is 0 Å². The third-order valence-corrected chi connectivity index (χ3v) is 2.00. The predicted molar refractivity (Wildman–Crippen MR) is 53.2 cm³/mol. The molecule has 0 spiro atoms. The van der Waals surface area contributed by atoms with Crippen LogP contribution < -0.4 is 0 Å². The molecule has 2 rings (SSSR count). The van der Waals surface area contributed by atoms with Crippen LogP contribution in [0.15, 0.2) is 42.6 Å². The molecular weight excluding hydrogens is 158 g/mol. The fraction of sp³-hybridized carbons (Fsp3) is 0.0833. The highest BCUT2D eigenvalue weighted by atomic mass is 14.6. The van der Waals surface area contributed by atoms with Crippen molar-refractivity contribution < 1.29 is 0 Å². The monoisotopic (exact) mass is 168 g/mol. The zero-order chi connectivity index (χ0) is 9.10. The molecule has 1 aromatic carbocycles. The Kier molecular flexibility index (Phi) is 2.09. The normalized spacial score (nSPS) is 9.92. The van der Waals surface area contributed by atoms with Crippen LogP contribution in [0, 0.1) is 13.1 Å². The topological polar surface area (TPSA) is 12.9 Å². The van der Waals surface area contributed by atoms with Gasteiger partial charge in [0, 0.05) is 11.8 Å². The van der Waals surface area contributed by atoms with E-state index in [0.29, 0.717) is 0 Å². The second-order valence-corrected chi connectivity index (χ2v) is 3.04. The van der Waals surface area contributed by atoms with Crippen LogP contribution in [0.4, 0.5) is 0 Å². The Bertz CT molecular complexity index is 376. The molecule has 0 aliphatic carbocycles. The average Bonchev–Trinajstić information content (AvgIpc) is 2.20. The van der Waals surface area contributed by atoms with Gasteiger partial charge in [-0.3, -0.25) is 4.98 Å². The summed E-state index contributed by atoms with van der Waals surface area (Å²) in [4.78, 5) is 3.96. The second kappa shape index (κ2) is 3.40. The second-order valence-electron chi connectivity index (χ2n) is 3.04. The first kappa shape index (κ1) is 7.99. The maximum absolute atomic E-state index is 3.96. The minimum absolute atomic E-state index is 1.14. The van der Waals surface area contributed by atoms with Gasteiger partial charge in [0.05, 0.1) is 6.20 Å². The van der Waals surface area contributed by atoms with Gasteiger partial charge in [0.1, 0.15) is 0 Å². The molecule has 0 amide bonds. The molecule has 1 aromatic heterocycles. The summed E-state index contributed by atoms with van der Waals surface area (Å²) < 4.78 is 0. The minimum Gasteiger partial charge on any atom is -0.254 e. The first-order valence-corrected chi connectivity index (χ1v) is 4.25. The molecule has 0 aliphatic heterocycles. The maximum atomic E-state index is 3.96. The molecule has 1 heterocycles. The van der Waals surface area contributed by atoms with E-state index >= 15 is 0 Å². The Hall–Kier alpha value is -1.63. The molecule has 0 atom stereocenters. The van der Waals surface area contributed by atoms with Gasteiger partial charge < -0.3 is 0 Å². The molecule has 0 saturated carbocycles. The number of nitrogens with zero attached hydrogens (tertiary/aromatic N) is 1. The van der Waals surface area contributed by atoms with E-state index in [-0.39, 0.29) is 0 Å². The first-order valence-electron chi connectivity index (χ1n) is 4.25. The lowest BCUT2D eigenvalue weighted by atomic mass is 10.1. The molecule has 0 saturated heterocycles. The largest absolute Gasteiger partial charge is 0.254 e. The highest BCUT2D eigenvalue weighted by molar-refractivity contribution is 5.62. The molecule has 0 unspecified atom stereocenters. The SMILES string of the molecule is Cc1ccc(-c2cc[c]nc2)cc1. The standard InChI is InChI=1S/C12H10N/c1-10-4-6-11(7-5-10)12-3-2-8-13-9-12/h2-7,9H,1H3. The van der Waals surface area contributed by atoms with Gasteiger partial charge in [0.15, 0.2) is 0 Å². The highest BCUT2D eigenvalue weighted by Gasteiger charge is 1.94. The summed E-state index contributed by atoms with van der Waals surface area (Å²) in [7, 11) is 0. The fourth-order valence-electron chi connectivity index (χ4n) is 1.24. The Morgan fingerprint density at radius 2 is 1.77 bits per heavy atom. The van der Waals surface area contributed by atoms with Crippen molar-refractivity contribution >= 4 is 0 Å². The van der Waals surface area contributed by atoms with Gasteiger partial charge in [-0.25, -0.2) is 0 Å². The molecule has 1 radical (unpaired) electrons. The predicted octanol–water partition coefficient (Wildman–Crippen LogP) is 2.86. The van der Waals surface area contributed by atoms with E-state index in [0.717, 1.165) is 5.56 Å². The minimum atomic E-state index is 1.14. The van der Waals surface area contributed by atoms with Crippen molar-refractivity contribution in [3.63, 3.8) is 0 Å². The van der Waals surface area contributed by atoms with Crippen LogP contribution in [-0.4, -0.2) is 4.98 Å². The zero-order valence-electron chi connectivity index (χ0n) is 7.49. The van der Waals surface area contributed by atoms with E-state index in [2.05, 4.69) is 42.4 Å². The molecule has 1 heteroatoms. The molecular formula is C12H10N. The summed E-state index contributed by atoms with van der Waals surface area (Å²) in [6, 6.07) is 12.3. The lowest BCUT2D eigenvalue weighted by molar-refractivity contribution is 1.31. The zero-order valence-corrected chi connectivity index (χ0v) is 7.49. The van der Waals surface area contributed by atoms with Crippen molar-refractivity contribution in [1.29, 1.82) is 0 Å². The fourth-order valence-corrected chi connectivity index (χ4v) is 1.24. The van der Waals surface area contributed by atoms with Crippen LogP contribution in [-0.2, 0) is 0 Å². The van der Waals surface area contributed by atoms with Crippen LogP contribution in [0.1, 0.15) is 5.56 Å². The lowest BCUT2D eigenvalue weighted by Gasteiger charge is -1.99. The molecule has 0 aliphatic rings. The van der Waals surface area contributed by atoms with E-state index in [1.807, 2.05) is 18.3 Å². The molecule has 1 nitrogen and oxygen atoms in total. The Morgan fingerprint density at radius 3 is 2.38 bits per heavy atom. The van der Waals surface area contributed by atoms with Crippen molar-refractivity contribution in [2.45, 2.75) is 6.92 Å². The number of rotatable bonds is 1. The molecule has 0 N–H and O–H groups in total. The summed E-state index contributed by atoms with van der Waals surface area (Å²) in [5, 5.41) is 0. The number of aryl methyl sites for hydroxylation is 1. The van der Waals surface area contributed by atoms with Gasteiger partial charge in [-0.05, 0) is 18.6 Å². The third-order valence-electron chi connectivity index (χ3n) is 2.00. The number of hydrogen-bond acceptors (Lipinski definition) is 1. The summed E-state index contributed by atoms with van der Waals surface area (Å²) in [6.07, 6.45) is 4.59. The van der Waals surface area contributed by atoms with Gasteiger partial charge in [0.2, 0.25) is 0 Å². The highest BCUT2D eigenvalue weighted by Crippen LogP contribution is 2.17. The summed E-state index contributed by atoms with van der Waals surface area (Å²) in [6.45, 7) is 2.08. The van der Waals surface area contributed by atoms with Crippen LogP contribution >= 0.6 is 0 Å². The summed E-state index contributed by atoms with van der Waals surface area (Å²) in [5.41, 5.74) is 3.62. The van der Waals surface area contributed by atoms with Crippen molar-refractivity contribution in [3.8, 4) is 11.1 Å². The quantitative estimate of drug-likeness (QED) is 0.638. The van der Waals surface area contributed by atoms with Gasteiger partial charge in [0.25, 0.3) is 0 Å². The lowest BCUT2D eigenvalue weighted by Crippen LogP contribution is -1.79. The number of pyridine rings is 1. The molecule has 13 heavy (non-hydrogen) atoms. The van der Waals surface area contributed by atoms with Crippen molar-refractivity contribution in [2.24, 2.45) is 0 Å². The van der Waals surface area contributed by atoms with Gasteiger partial charge >= 0.3 is 0 Å². The van der Waals surface area contributed by atoms with Crippen molar-refractivity contribution in [1.82, 2.24) is 4.98 Å². The molecule has 2 aromatic rings. The summed E-state index contributed by atoms with van der Waals surface area (Å²) >= 11 is 0. The number of benzene rings is 1. The van der Waals surface area contributed by atoms with Crippen molar-refractivity contribution in [2.75, 3.05) is 0 Å². The van der Waals surface area contributed by atoms with Gasteiger partial charge in [-0.15, -0.1) is 0 Å². The Labute approximate surface area is 78.1 Å². The Balaban J connectivity index is 2.42. The van der Waals surface area contributed by atoms with Crippen LogP contribution in [0.2, 0.25) is 0 Å². The third kappa shape index (κ3) is 1.75. The van der Waals surface area contributed by atoms with E-state index < -0.39 is 0 Å². The first-order chi connectivity index (χ1) is 6.36. The number of aromatic nitrogens is 1. The van der Waals surface area contributed by atoms with Gasteiger partial charge in [-0.2, -0.15) is 0 Å². The van der Waals surface area contributed by atoms with E-state index in [9.17, 15) is 0 Å². The van der Waals surface area contributed by atoms with Crippen molar-refractivity contribution in [3.05, 3.63) is 54.4 Å². The Morgan fingerprint density at radius 1 is 1.00 bits per heavy atom. The van der Waals surface area contributed by atoms with Crippen LogP contribution in [0.5, 0.6) is 0 Å². The molecule has 63 valence electrons. The molecule has 0 bridgehead atoms. The smallest absolute Gasteiger partial charge is 0.0886 e. The van der Waals surface area contributed by atoms with Gasteiger partial charge in [-0.1, -0.05) is 35.9 Å². The maximum Gasteiger partial charge on any atom is 0.0886 e. The average molecular weight is 168 g/mol. The van der Waals surface area contributed by atoms with E-state index in [1.54, 1.807) is 0 Å². The molecule has 0 fully saturated rings. The van der Waals surface area contributed by atoms with E-state index in [1.165, 1.54) is 11.1 Å². The summed E-state index contributed by atoms with van der Waals surface area (Å²) in [5.74, 6) is 0. The van der Waals surface area contributed by atoms with Crippen LogP contribution in [0.3, 0.4) is 0 Å². The van der Waals surface area contributed by atoms with Crippen LogP contribution in [0.25, 0.3) is 11.1 Å².